The molecule has 1 aromatic rings. The number of carbonyl (C=O) groups excluding carboxylic acids is 1. The average Bonchev–Trinajstić information content (AvgIpc) is 2.91. The largest absolute Gasteiger partial charge is 0.376 e. The van der Waals surface area contributed by atoms with Crippen LogP contribution in [0.1, 0.15) is 34.8 Å². The van der Waals surface area contributed by atoms with Crippen molar-refractivity contribution in [3.63, 3.8) is 0 Å². The van der Waals surface area contributed by atoms with Gasteiger partial charge in [-0.15, -0.1) is 0 Å². The first-order chi connectivity index (χ1) is 9.66. The molecular formula is C16H22N2O2. The lowest BCUT2D eigenvalue weighted by atomic mass is 9.98. The second kappa shape index (κ2) is 5.54. The number of nitrogens with one attached hydrogen (secondary N) is 1. The number of hydrogen-bond donors (Lipinski definition) is 1. The zero-order valence-corrected chi connectivity index (χ0v) is 12.2. The lowest BCUT2D eigenvalue weighted by Gasteiger charge is -2.27. The summed E-state index contributed by atoms with van der Waals surface area (Å²) in [6.45, 7) is 4.68. The molecule has 2 unspecified atom stereocenters. The summed E-state index contributed by atoms with van der Waals surface area (Å²) >= 11 is 0. The number of ether oxygens (including phenoxy) is 1. The van der Waals surface area contributed by atoms with E-state index in [2.05, 4.69) is 11.4 Å². The molecule has 0 radical (unpaired) electrons. The Labute approximate surface area is 120 Å². The Morgan fingerprint density at radius 3 is 3.00 bits per heavy atom. The fraction of sp³-hybridized carbons (Fsp3) is 0.562. The number of hydrogen-bond acceptors (Lipinski definition) is 3. The zero-order chi connectivity index (χ0) is 14.1. The maximum atomic E-state index is 12.6. The van der Waals surface area contributed by atoms with Crippen LogP contribution in [0, 0.1) is 0 Å². The normalized spacial score (nSPS) is 25.3. The van der Waals surface area contributed by atoms with Crippen LogP contribution >= 0.6 is 0 Å². The van der Waals surface area contributed by atoms with E-state index in [4.69, 9.17) is 4.74 Å². The fourth-order valence-electron chi connectivity index (χ4n) is 3.20. The molecule has 2 aliphatic rings. The number of fused-ring (bicyclic) bond motifs is 1. The van der Waals surface area contributed by atoms with Gasteiger partial charge >= 0.3 is 0 Å². The van der Waals surface area contributed by atoms with Gasteiger partial charge in [-0.2, -0.15) is 0 Å². The first-order valence-electron chi connectivity index (χ1n) is 7.38. The maximum Gasteiger partial charge on any atom is 0.253 e. The Morgan fingerprint density at radius 2 is 2.25 bits per heavy atom. The van der Waals surface area contributed by atoms with Crippen LogP contribution in [0.25, 0.3) is 0 Å². The van der Waals surface area contributed by atoms with Crippen molar-refractivity contribution >= 4 is 5.91 Å². The minimum atomic E-state index is 0.0979. The van der Waals surface area contributed by atoms with Crippen LogP contribution in [0.3, 0.4) is 0 Å². The van der Waals surface area contributed by atoms with E-state index in [1.807, 2.05) is 31.0 Å². The van der Waals surface area contributed by atoms with E-state index in [9.17, 15) is 4.79 Å². The molecule has 4 heteroatoms. The number of benzene rings is 1. The summed E-state index contributed by atoms with van der Waals surface area (Å²) in [7, 11) is 1.88. The number of likely N-dealkylation sites (N-methyl/N-ethyl adjacent to an activating group) is 1. The molecule has 0 aliphatic carbocycles. The standard InChI is InChI=1S/C16H22N2O2/c1-11-15(6-8-20-11)18(2)16(19)13-4-3-12-5-7-17-10-14(12)9-13/h3-4,9,11,15,17H,5-8,10H2,1-2H3. The monoisotopic (exact) mass is 274 g/mol. The molecule has 0 saturated carbocycles. The van der Waals surface area contributed by atoms with Crippen LogP contribution in [-0.4, -0.2) is 43.2 Å². The number of amides is 1. The van der Waals surface area contributed by atoms with Crippen LogP contribution < -0.4 is 5.32 Å². The minimum absolute atomic E-state index is 0.0979. The highest BCUT2D eigenvalue weighted by molar-refractivity contribution is 5.94. The van der Waals surface area contributed by atoms with E-state index < -0.39 is 0 Å². The molecule has 1 N–H and O–H groups in total. The molecule has 4 nitrogen and oxygen atoms in total. The summed E-state index contributed by atoms with van der Waals surface area (Å²) in [4.78, 5) is 14.5. The lowest BCUT2D eigenvalue weighted by molar-refractivity contribution is 0.0574. The van der Waals surface area contributed by atoms with Crippen LogP contribution in [0.2, 0.25) is 0 Å². The third-order valence-corrected chi connectivity index (χ3v) is 4.49. The second-order valence-corrected chi connectivity index (χ2v) is 5.76. The minimum Gasteiger partial charge on any atom is -0.376 e. The molecule has 1 saturated heterocycles. The zero-order valence-electron chi connectivity index (χ0n) is 12.2. The molecule has 1 aromatic carbocycles. The van der Waals surface area contributed by atoms with Gasteiger partial charge in [0.2, 0.25) is 0 Å². The Bertz CT molecular complexity index is 515. The maximum absolute atomic E-state index is 12.6. The van der Waals surface area contributed by atoms with Crippen molar-refractivity contribution in [1.29, 1.82) is 0 Å². The number of nitrogens with zero attached hydrogens (tertiary/aromatic N) is 1. The molecule has 0 bridgehead atoms. The van der Waals surface area contributed by atoms with Gasteiger partial charge in [0, 0.05) is 25.8 Å². The first kappa shape index (κ1) is 13.6. The average molecular weight is 274 g/mol. The summed E-state index contributed by atoms with van der Waals surface area (Å²) in [5.74, 6) is 0.0979. The number of carbonyl (C=O) groups is 1. The molecule has 0 spiro atoms. The van der Waals surface area contributed by atoms with Gasteiger partial charge in [0.1, 0.15) is 0 Å². The van der Waals surface area contributed by atoms with Gasteiger partial charge in [-0.25, -0.2) is 0 Å². The van der Waals surface area contributed by atoms with Crippen LogP contribution in [0.4, 0.5) is 0 Å². The van der Waals surface area contributed by atoms with E-state index in [0.717, 1.165) is 38.1 Å². The Balaban J connectivity index is 1.79. The van der Waals surface area contributed by atoms with Crippen LogP contribution in [-0.2, 0) is 17.7 Å². The molecule has 2 heterocycles. The Hall–Kier alpha value is -1.39. The van der Waals surface area contributed by atoms with Crippen molar-refractivity contribution < 1.29 is 9.53 Å². The second-order valence-electron chi connectivity index (χ2n) is 5.76. The van der Waals surface area contributed by atoms with Crippen molar-refractivity contribution in [3.05, 3.63) is 34.9 Å². The quantitative estimate of drug-likeness (QED) is 0.890. The first-order valence-corrected chi connectivity index (χ1v) is 7.38. The summed E-state index contributed by atoms with van der Waals surface area (Å²) < 4.78 is 5.56. The molecule has 1 fully saturated rings. The smallest absolute Gasteiger partial charge is 0.253 e. The van der Waals surface area contributed by atoms with Gasteiger partial charge < -0.3 is 15.0 Å². The van der Waals surface area contributed by atoms with E-state index in [1.54, 1.807) is 0 Å². The molecule has 20 heavy (non-hydrogen) atoms. The van der Waals surface area contributed by atoms with Gasteiger partial charge in [-0.3, -0.25) is 4.79 Å². The lowest BCUT2D eigenvalue weighted by Crippen LogP contribution is -2.41. The van der Waals surface area contributed by atoms with Crippen molar-refractivity contribution in [3.8, 4) is 0 Å². The van der Waals surface area contributed by atoms with Crippen molar-refractivity contribution in [1.82, 2.24) is 10.2 Å². The van der Waals surface area contributed by atoms with Crippen molar-refractivity contribution in [2.75, 3.05) is 20.2 Å². The summed E-state index contributed by atoms with van der Waals surface area (Å²) in [6, 6.07) is 6.30. The third-order valence-electron chi connectivity index (χ3n) is 4.49. The van der Waals surface area contributed by atoms with E-state index in [-0.39, 0.29) is 18.1 Å². The molecule has 2 atom stereocenters. The highest BCUT2D eigenvalue weighted by atomic mass is 16.5. The van der Waals surface area contributed by atoms with Gasteiger partial charge in [-0.1, -0.05) is 6.07 Å². The predicted octanol–water partition coefficient (Wildman–Crippen LogP) is 1.58. The number of rotatable bonds is 2. The van der Waals surface area contributed by atoms with Crippen molar-refractivity contribution in [2.45, 2.75) is 38.5 Å². The highest BCUT2D eigenvalue weighted by Gasteiger charge is 2.31. The fourth-order valence-corrected chi connectivity index (χ4v) is 3.20. The van der Waals surface area contributed by atoms with Crippen molar-refractivity contribution in [2.24, 2.45) is 0 Å². The molecule has 0 aromatic heterocycles. The van der Waals surface area contributed by atoms with Gasteiger partial charge in [0.05, 0.1) is 12.1 Å². The van der Waals surface area contributed by atoms with Crippen LogP contribution in [0.5, 0.6) is 0 Å². The third kappa shape index (κ3) is 2.45. The summed E-state index contributed by atoms with van der Waals surface area (Å²) in [6.07, 6.45) is 2.10. The van der Waals surface area contributed by atoms with Gasteiger partial charge in [0.25, 0.3) is 5.91 Å². The predicted molar refractivity (Wildman–Crippen MR) is 77.8 cm³/mol. The van der Waals surface area contributed by atoms with Gasteiger partial charge in [0.15, 0.2) is 0 Å². The molecule has 3 rings (SSSR count). The molecule has 108 valence electrons. The van der Waals surface area contributed by atoms with Crippen LogP contribution in [0.15, 0.2) is 18.2 Å². The SMILES string of the molecule is CC1OCCC1N(C)C(=O)c1ccc2c(c1)CNCC2. The topological polar surface area (TPSA) is 41.6 Å². The summed E-state index contributed by atoms with van der Waals surface area (Å²) in [5.41, 5.74) is 3.40. The molecular weight excluding hydrogens is 252 g/mol. The van der Waals surface area contributed by atoms with E-state index >= 15 is 0 Å². The molecule has 2 aliphatic heterocycles. The molecule has 1 amide bonds. The summed E-state index contributed by atoms with van der Waals surface area (Å²) in [5, 5.41) is 3.35. The Morgan fingerprint density at radius 1 is 1.40 bits per heavy atom. The van der Waals surface area contributed by atoms with E-state index in [1.165, 1.54) is 11.1 Å². The van der Waals surface area contributed by atoms with Gasteiger partial charge in [-0.05, 0) is 49.6 Å². The Kier molecular flexibility index (Phi) is 3.76. The van der Waals surface area contributed by atoms with E-state index in [0.29, 0.717) is 0 Å². The highest BCUT2D eigenvalue weighted by Crippen LogP contribution is 2.22.